The smallest absolute Gasteiger partial charge is 0.137 e. The molecule has 1 N–H and O–H groups in total. The molecular weight excluding hydrogens is 501 g/mol. The first kappa shape index (κ1) is 23.8. The van der Waals surface area contributed by atoms with Gasteiger partial charge in [-0.3, -0.25) is 0 Å². The van der Waals surface area contributed by atoms with Gasteiger partial charge in [0, 0.05) is 0 Å². The zero-order chi connectivity index (χ0) is 20.9. The molecule has 174 valence electrons. The van der Waals surface area contributed by atoms with Gasteiger partial charge in [-0.15, -0.1) is 0 Å². The molecule has 1 heterocycles. The predicted molar refractivity (Wildman–Crippen MR) is 119 cm³/mol. The normalized spacial score (nSPS) is 42.1. The Morgan fingerprint density at radius 1 is 1.00 bits per heavy atom. The van der Waals surface area contributed by atoms with Crippen LogP contribution in [0.2, 0.25) is 0 Å². The van der Waals surface area contributed by atoms with Gasteiger partial charge in [0.2, 0.25) is 0 Å². The van der Waals surface area contributed by atoms with Crippen molar-refractivity contribution < 1.29 is 43.0 Å². The monoisotopic (exact) mass is 541 g/mol. The Morgan fingerprint density at radius 2 is 1.52 bits per heavy atom. The number of quaternary nitrogens is 1. The maximum atomic E-state index is 10.6. The lowest BCUT2D eigenvalue weighted by Crippen LogP contribution is -3.00. The summed E-state index contributed by atoms with van der Waals surface area (Å²) in [6, 6.07) is 8.90. The standard InChI is InChI=1S/C26H40NO3.HI/c1-18-14-27(3,15-19(2)30-18)16-24(28)17-29-25-6-4-23(5-7-25)26-11-20-8-21(12-26)10-22(9-20)13-26;/h4-7,18-22,24,28H,8-17H2,1-3H3;1H/q+1;/p-1. The van der Waals surface area contributed by atoms with E-state index in [1.165, 1.54) is 44.1 Å². The van der Waals surface area contributed by atoms with Crippen LogP contribution >= 0.6 is 0 Å². The van der Waals surface area contributed by atoms with Gasteiger partial charge in [-0.2, -0.15) is 0 Å². The summed E-state index contributed by atoms with van der Waals surface area (Å²) < 4.78 is 12.7. The van der Waals surface area contributed by atoms with Gasteiger partial charge in [-0.05, 0) is 93.2 Å². The van der Waals surface area contributed by atoms with Crippen molar-refractivity contribution in [3.63, 3.8) is 0 Å². The Balaban J connectivity index is 0.00000231. The van der Waals surface area contributed by atoms with Gasteiger partial charge in [0.25, 0.3) is 0 Å². The third-order valence-electron chi connectivity index (χ3n) is 8.46. The van der Waals surface area contributed by atoms with E-state index in [4.69, 9.17) is 9.47 Å². The average molecular weight is 542 g/mol. The summed E-state index contributed by atoms with van der Waals surface area (Å²) in [5.41, 5.74) is 1.97. The van der Waals surface area contributed by atoms with Crippen LogP contribution in [0.4, 0.5) is 0 Å². The van der Waals surface area contributed by atoms with E-state index < -0.39 is 6.10 Å². The van der Waals surface area contributed by atoms with Gasteiger partial charge >= 0.3 is 0 Å². The van der Waals surface area contributed by atoms with Crippen LogP contribution in [0.5, 0.6) is 5.75 Å². The first-order valence-corrected chi connectivity index (χ1v) is 12.2. The highest BCUT2D eigenvalue weighted by atomic mass is 127. The number of benzene rings is 1. The first-order valence-electron chi connectivity index (χ1n) is 12.2. The van der Waals surface area contributed by atoms with Gasteiger partial charge in [0.05, 0.1) is 7.05 Å². The molecule has 0 aromatic heterocycles. The van der Waals surface area contributed by atoms with Gasteiger partial charge in [-0.25, -0.2) is 0 Å². The molecule has 5 fully saturated rings. The van der Waals surface area contributed by atoms with E-state index in [1.807, 2.05) is 0 Å². The molecule has 1 aliphatic heterocycles. The van der Waals surface area contributed by atoms with Crippen LogP contribution < -0.4 is 28.7 Å². The zero-order valence-electron chi connectivity index (χ0n) is 19.4. The van der Waals surface area contributed by atoms with Gasteiger partial charge in [0.1, 0.15) is 50.3 Å². The SMILES string of the molecule is CC1C[N+](C)(CC(O)COc2ccc(C34CC5CC(CC(C5)C3)C4)cc2)CC(C)O1.[I-]. The minimum atomic E-state index is -0.463. The molecule has 3 unspecified atom stereocenters. The molecule has 31 heavy (non-hydrogen) atoms. The Hall–Kier alpha value is -0.370. The van der Waals surface area contributed by atoms with Crippen LogP contribution in [0.3, 0.4) is 0 Å². The molecule has 0 spiro atoms. The van der Waals surface area contributed by atoms with Crippen molar-refractivity contribution in [1.29, 1.82) is 0 Å². The van der Waals surface area contributed by atoms with Crippen molar-refractivity contribution in [2.75, 3.05) is 33.3 Å². The van der Waals surface area contributed by atoms with Crippen LogP contribution in [-0.2, 0) is 10.2 Å². The molecule has 4 aliphatic carbocycles. The summed E-state index contributed by atoms with van der Waals surface area (Å²) in [5, 5.41) is 10.6. The molecule has 3 atom stereocenters. The number of rotatable bonds is 6. The lowest BCUT2D eigenvalue weighted by atomic mass is 9.48. The quantitative estimate of drug-likeness (QED) is 0.434. The van der Waals surface area contributed by atoms with E-state index in [0.29, 0.717) is 18.6 Å². The summed E-state index contributed by atoms with van der Waals surface area (Å²) in [6.45, 7) is 7.21. The summed E-state index contributed by atoms with van der Waals surface area (Å²) in [4.78, 5) is 0. The second-order valence-electron chi connectivity index (χ2n) is 11.6. The van der Waals surface area contributed by atoms with Crippen molar-refractivity contribution in [2.45, 2.75) is 76.1 Å². The Morgan fingerprint density at radius 3 is 2.03 bits per heavy atom. The molecular formula is C26H40INO3. The molecule has 1 saturated heterocycles. The van der Waals surface area contributed by atoms with Crippen molar-refractivity contribution in [3.05, 3.63) is 29.8 Å². The minimum Gasteiger partial charge on any atom is -1.00 e. The molecule has 0 amide bonds. The van der Waals surface area contributed by atoms with Crippen LogP contribution in [0.25, 0.3) is 0 Å². The maximum Gasteiger partial charge on any atom is 0.137 e. The van der Waals surface area contributed by atoms with Crippen LogP contribution in [0.1, 0.15) is 57.9 Å². The highest BCUT2D eigenvalue weighted by molar-refractivity contribution is 5.34. The van der Waals surface area contributed by atoms with Gasteiger partial charge in [0.15, 0.2) is 0 Å². The molecule has 1 aromatic rings. The summed E-state index contributed by atoms with van der Waals surface area (Å²) in [5.74, 6) is 3.79. The number of hydrogen-bond acceptors (Lipinski definition) is 3. The third kappa shape index (κ3) is 5.10. The first-order chi connectivity index (χ1) is 14.3. The fourth-order valence-electron chi connectivity index (χ4n) is 8.07. The fourth-order valence-corrected chi connectivity index (χ4v) is 8.07. The maximum absolute atomic E-state index is 10.6. The topological polar surface area (TPSA) is 38.7 Å². The average Bonchev–Trinajstić information content (AvgIpc) is 2.64. The van der Waals surface area contributed by atoms with E-state index in [-0.39, 0.29) is 36.2 Å². The Kier molecular flexibility index (Phi) is 6.99. The molecule has 6 rings (SSSR count). The number of aliphatic hydroxyl groups excluding tert-OH is 1. The summed E-state index contributed by atoms with van der Waals surface area (Å²) in [7, 11) is 2.22. The Bertz CT molecular complexity index is 706. The van der Waals surface area contributed by atoms with Crippen LogP contribution in [0.15, 0.2) is 24.3 Å². The van der Waals surface area contributed by atoms with Gasteiger partial charge in [-0.1, -0.05) is 12.1 Å². The highest BCUT2D eigenvalue weighted by Gasteiger charge is 2.51. The predicted octanol–water partition coefficient (Wildman–Crippen LogP) is 1.15. The molecule has 4 bridgehead atoms. The van der Waals surface area contributed by atoms with E-state index in [0.717, 1.165) is 41.1 Å². The molecule has 0 radical (unpaired) electrons. The summed E-state index contributed by atoms with van der Waals surface area (Å²) in [6.07, 6.45) is 8.67. The number of ether oxygens (including phenoxy) is 2. The largest absolute Gasteiger partial charge is 1.00 e. The zero-order valence-corrected chi connectivity index (χ0v) is 21.6. The van der Waals surface area contributed by atoms with Crippen molar-refractivity contribution in [1.82, 2.24) is 0 Å². The lowest BCUT2D eigenvalue weighted by Gasteiger charge is -2.57. The van der Waals surface area contributed by atoms with Crippen LogP contribution in [-0.4, -0.2) is 61.2 Å². The molecule has 5 heteroatoms. The molecule has 4 nitrogen and oxygen atoms in total. The van der Waals surface area contributed by atoms with E-state index in [1.54, 1.807) is 0 Å². The number of morpholine rings is 1. The van der Waals surface area contributed by atoms with Crippen molar-refractivity contribution in [3.8, 4) is 5.75 Å². The minimum absolute atomic E-state index is 0. The summed E-state index contributed by atoms with van der Waals surface area (Å²) >= 11 is 0. The van der Waals surface area contributed by atoms with Gasteiger partial charge < -0.3 is 43.0 Å². The van der Waals surface area contributed by atoms with E-state index >= 15 is 0 Å². The molecule has 5 aliphatic rings. The van der Waals surface area contributed by atoms with E-state index in [2.05, 4.69) is 45.2 Å². The molecule has 1 aromatic carbocycles. The number of aliphatic hydroxyl groups is 1. The van der Waals surface area contributed by atoms with Crippen molar-refractivity contribution >= 4 is 0 Å². The van der Waals surface area contributed by atoms with Crippen molar-refractivity contribution in [2.24, 2.45) is 17.8 Å². The number of hydrogen-bond donors (Lipinski definition) is 1. The highest BCUT2D eigenvalue weighted by Crippen LogP contribution is 2.60. The second kappa shape index (κ2) is 9.11. The number of halogens is 1. The number of likely N-dealkylation sites (N-methyl/N-ethyl adjacent to an activating group) is 1. The third-order valence-corrected chi connectivity index (χ3v) is 8.46. The number of nitrogens with zero attached hydrogens (tertiary/aromatic N) is 1. The second-order valence-corrected chi connectivity index (χ2v) is 11.6. The fraction of sp³-hybridized carbons (Fsp3) is 0.769. The lowest BCUT2D eigenvalue weighted by molar-refractivity contribution is -0.926. The molecule has 4 saturated carbocycles. The Labute approximate surface area is 205 Å². The van der Waals surface area contributed by atoms with Crippen LogP contribution in [0, 0.1) is 17.8 Å². The van der Waals surface area contributed by atoms with E-state index in [9.17, 15) is 5.11 Å².